The summed E-state index contributed by atoms with van der Waals surface area (Å²) in [7, 11) is 0. The van der Waals surface area contributed by atoms with Crippen LogP contribution >= 0.6 is 34.5 Å². The molecule has 0 aliphatic heterocycles. The summed E-state index contributed by atoms with van der Waals surface area (Å²) in [5, 5.41) is 0.402. The number of nitrogens with zero attached hydrogens (tertiary/aromatic N) is 3. The van der Waals surface area contributed by atoms with E-state index in [0.29, 0.717) is 16.9 Å². The lowest BCUT2D eigenvalue weighted by molar-refractivity contribution is 1.10. The molecule has 2 aromatic rings. The maximum absolute atomic E-state index is 5.82. The second kappa shape index (κ2) is 4.21. The van der Waals surface area contributed by atoms with Gasteiger partial charge >= 0.3 is 0 Å². The zero-order chi connectivity index (χ0) is 9.97. The molecule has 72 valence electrons. The number of aromatic nitrogens is 3. The normalized spacial score (nSPS) is 10.4. The van der Waals surface area contributed by atoms with Crippen molar-refractivity contribution in [3.05, 3.63) is 28.6 Å². The highest BCUT2D eigenvalue weighted by Gasteiger charge is 2.06. The molecule has 2 heterocycles. The van der Waals surface area contributed by atoms with Crippen LogP contribution in [0.1, 0.15) is 5.69 Å². The Kier molecular flexibility index (Phi) is 2.96. The predicted molar refractivity (Wildman–Crippen MR) is 57.7 cm³/mol. The molecule has 2 aromatic heterocycles. The lowest BCUT2D eigenvalue weighted by atomic mass is 10.4. The molecule has 0 radical (unpaired) electrons. The summed E-state index contributed by atoms with van der Waals surface area (Å²) >= 11 is 13.0. The van der Waals surface area contributed by atoms with Gasteiger partial charge in [0.2, 0.25) is 0 Å². The van der Waals surface area contributed by atoms with Crippen LogP contribution < -0.4 is 0 Å². The quantitative estimate of drug-likeness (QED) is 0.604. The maximum atomic E-state index is 5.82. The number of hydrogen-bond acceptors (Lipinski definition) is 4. The maximum Gasteiger partial charge on any atom is 0.172 e. The van der Waals surface area contributed by atoms with E-state index < -0.39 is 0 Å². The van der Waals surface area contributed by atoms with Crippen molar-refractivity contribution in [2.24, 2.45) is 0 Å². The Morgan fingerprint density at radius 3 is 2.86 bits per heavy atom. The summed E-state index contributed by atoms with van der Waals surface area (Å²) in [5.41, 5.74) is 2.44. The molecule has 0 N–H and O–H groups in total. The summed E-state index contributed by atoms with van der Waals surface area (Å²) in [6.45, 7) is 0. The van der Waals surface area contributed by atoms with E-state index in [-0.39, 0.29) is 0 Å². The Morgan fingerprint density at radius 1 is 1.36 bits per heavy atom. The van der Waals surface area contributed by atoms with Crippen molar-refractivity contribution in [3.8, 4) is 10.7 Å². The number of alkyl halides is 1. The highest BCUT2D eigenvalue weighted by atomic mass is 35.5. The van der Waals surface area contributed by atoms with Gasteiger partial charge in [-0.3, -0.25) is 4.98 Å². The van der Waals surface area contributed by atoms with Crippen LogP contribution in [0.15, 0.2) is 17.8 Å². The van der Waals surface area contributed by atoms with Gasteiger partial charge in [0, 0.05) is 6.20 Å². The fourth-order valence-electron chi connectivity index (χ4n) is 0.969. The van der Waals surface area contributed by atoms with Gasteiger partial charge in [-0.15, -0.1) is 22.9 Å². The molecule has 14 heavy (non-hydrogen) atoms. The van der Waals surface area contributed by atoms with Gasteiger partial charge in [0.05, 0.1) is 22.0 Å². The fraction of sp³-hybridized carbons (Fsp3) is 0.125. The summed E-state index contributed by atoms with van der Waals surface area (Å²) < 4.78 is 0. The molecule has 0 unspecified atom stereocenters. The van der Waals surface area contributed by atoms with Gasteiger partial charge in [-0.1, -0.05) is 11.6 Å². The topological polar surface area (TPSA) is 38.7 Å². The number of rotatable bonds is 2. The molecule has 0 aliphatic carbocycles. The molecule has 0 aliphatic rings. The van der Waals surface area contributed by atoms with Crippen LogP contribution in [0, 0.1) is 0 Å². The molecule has 6 heteroatoms. The summed E-state index contributed by atoms with van der Waals surface area (Å²) in [5.74, 6) is 0.907. The molecule has 2 rings (SSSR count). The largest absolute Gasteiger partial charge is 0.252 e. The minimum Gasteiger partial charge on any atom is -0.252 e. The molecular weight excluding hydrogens is 241 g/mol. The molecule has 0 fully saturated rings. The standard InChI is InChI=1S/C8H5Cl2N3S/c9-2-5-1-7(10)13-8(12-5)6-3-11-4-14-6/h1,3-4H,2H2. The average Bonchev–Trinajstić information content (AvgIpc) is 2.69. The highest BCUT2D eigenvalue weighted by molar-refractivity contribution is 7.13. The third-order valence-corrected chi connectivity index (χ3v) is 2.77. The second-order valence-electron chi connectivity index (χ2n) is 2.50. The van der Waals surface area contributed by atoms with Crippen molar-refractivity contribution in [1.29, 1.82) is 0 Å². The summed E-state index contributed by atoms with van der Waals surface area (Å²) in [6, 6.07) is 1.65. The van der Waals surface area contributed by atoms with Crippen LogP contribution in [-0.2, 0) is 5.88 Å². The Hall–Kier alpha value is -0.710. The van der Waals surface area contributed by atoms with Crippen LogP contribution in [0.3, 0.4) is 0 Å². The van der Waals surface area contributed by atoms with E-state index in [1.165, 1.54) is 11.3 Å². The van der Waals surface area contributed by atoms with Gasteiger partial charge in [0.25, 0.3) is 0 Å². The Balaban J connectivity index is 2.48. The minimum absolute atomic E-state index is 0.327. The van der Waals surface area contributed by atoms with Gasteiger partial charge in [0.15, 0.2) is 5.82 Å². The number of thiazole rings is 1. The van der Waals surface area contributed by atoms with Crippen molar-refractivity contribution in [2.75, 3.05) is 0 Å². The van der Waals surface area contributed by atoms with Crippen molar-refractivity contribution in [2.45, 2.75) is 5.88 Å². The first-order valence-electron chi connectivity index (χ1n) is 3.78. The third-order valence-electron chi connectivity index (χ3n) is 1.54. The van der Waals surface area contributed by atoms with E-state index in [1.54, 1.807) is 17.8 Å². The Bertz CT molecular complexity index is 430. The summed E-state index contributed by atoms with van der Waals surface area (Å²) in [6.07, 6.45) is 1.70. The lowest BCUT2D eigenvalue weighted by Gasteiger charge is -1.99. The van der Waals surface area contributed by atoms with Crippen LogP contribution in [0.2, 0.25) is 5.15 Å². The SMILES string of the molecule is ClCc1cc(Cl)nc(-c2cncs2)n1. The van der Waals surface area contributed by atoms with Crippen molar-refractivity contribution in [1.82, 2.24) is 15.0 Å². The van der Waals surface area contributed by atoms with Gasteiger partial charge in [-0.25, -0.2) is 9.97 Å². The molecule has 0 bridgehead atoms. The van der Waals surface area contributed by atoms with Gasteiger partial charge in [0.1, 0.15) is 5.15 Å². The van der Waals surface area contributed by atoms with Crippen LogP contribution in [-0.4, -0.2) is 15.0 Å². The van der Waals surface area contributed by atoms with Crippen molar-refractivity contribution < 1.29 is 0 Å². The molecule has 3 nitrogen and oxygen atoms in total. The first-order valence-corrected chi connectivity index (χ1v) is 5.57. The zero-order valence-electron chi connectivity index (χ0n) is 6.94. The van der Waals surface area contributed by atoms with Crippen molar-refractivity contribution >= 4 is 34.5 Å². The fourth-order valence-corrected chi connectivity index (χ4v) is 1.87. The minimum atomic E-state index is 0.327. The van der Waals surface area contributed by atoms with Gasteiger partial charge < -0.3 is 0 Å². The molecule has 0 amide bonds. The predicted octanol–water partition coefficient (Wildman–Crippen LogP) is 2.99. The van der Waals surface area contributed by atoms with E-state index >= 15 is 0 Å². The Morgan fingerprint density at radius 2 is 2.21 bits per heavy atom. The van der Waals surface area contributed by atoms with Crippen LogP contribution in [0.5, 0.6) is 0 Å². The molecule has 0 atom stereocenters. The first kappa shape index (κ1) is 9.83. The first-order chi connectivity index (χ1) is 6.79. The molecule has 0 saturated heterocycles. The van der Waals surface area contributed by atoms with Gasteiger partial charge in [-0.05, 0) is 6.07 Å². The molecule has 0 aromatic carbocycles. The van der Waals surface area contributed by atoms with E-state index in [4.69, 9.17) is 23.2 Å². The average molecular weight is 246 g/mol. The van der Waals surface area contributed by atoms with E-state index in [0.717, 1.165) is 10.6 Å². The lowest BCUT2D eigenvalue weighted by Crippen LogP contribution is -1.92. The van der Waals surface area contributed by atoms with E-state index in [9.17, 15) is 0 Å². The molecule has 0 saturated carbocycles. The van der Waals surface area contributed by atoms with Crippen LogP contribution in [0.25, 0.3) is 10.7 Å². The zero-order valence-corrected chi connectivity index (χ0v) is 9.27. The smallest absolute Gasteiger partial charge is 0.172 e. The highest BCUT2D eigenvalue weighted by Crippen LogP contribution is 2.21. The summed E-state index contributed by atoms with van der Waals surface area (Å²) in [4.78, 5) is 13.2. The third kappa shape index (κ3) is 2.03. The number of halogens is 2. The molecular formula is C8H5Cl2N3S. The number of hydrogen-bond donors (Lipinski definition) is 0. The van der Waals surface area contributed by atoms with E-state index in [2.05, 4.69) is 15.0 Å². The molecule has 0 spiro atoms. The second-order valence-corrected chi connectivity index (χ2v) is 4.05. The van der Waals surface area contributed by atoms with E-state index in [1.807, 2.05) is 0 Å². The van der Waals surface area contributed by atoms with Gasteiger partial charge in [-0.2, -0.15) is 0 Å². The van der Waals surface area contributed by atoms with Crippen molar-refractivity contribution in [3.63, 3.8) is 0 Å². The monoisotopic (exact) mass is 245 g/mol. The Labute approximate surface area is 94.8 Å². The van der Waals surface area contributed by atoms with Crippen LogP contribution in [0.4, 0.5) is 0 Å².